The highest BCUT2D eigenvalue weighted by Crippen LogP contribution is 2.36. The molecule has 26 heavy (non-hydrogen) atoms. The highest BCUT2D eigenvalue weighted by molar-refractivity contribution is 8.02. The van der Waals surface area contributed by atoms with Crippen molar-refractivity contribution in [3.63, 3.8) is 0 Å². The van der Waals surface area contributed by atoms with Crippen LogP contribution in [-0.2, 0) is 13.0 Å². The maximum Gasteiger partial charge on any atom is 0.150 e. The number of fused-ring (bicyclic) bond motifs is 1. The van der Waals surface area contributed by atoms with Crippen molar-refractivity contribution in [2.75, 3.05) is 20.1 Å². The predicted molar refractivity (Wildman–Crippen MR) is 108 cm³/mol. The second-order valence-corrected chi connectivity index (χ2v) is 8.11. The molecule has 0 saturated carbocycles. The van der Waals surface area contributed by atoms with Gasteiger partial charge in [-0.05, 0) is 40.5 Å². The molecule has 0 amide bonds. The number of thioether (sulfide) groups is 1. The van der Waals surface area contributed by atoms with Gasteiger partial charge in [0.05, 0.1) is 0 Å². The van der Waals surface area contributed by atoms with Gasteiger partial charge in [-0.1, -0.05) is 18.2 Å². The first-order valence-corrected chi connectivity index (χ1v) is 10.3. The Hall–Kier alpha value is -1.64. The monoisotopic (exact) mass is 389 g/mol. The average molecular weight is 390 g/mol. The molecule has 1 atom stereocenters. The Morgan fingerprint density at radius 3 is 2.96 bits per heavy atom. The first-order valence-electron chi connectivity index (χ1n) is 8.48. The highest BCUT2D eigenvalue weighted by Gasteiger charge is 2.23. The van der Waals surface area contributed by atoms with E-state index in [9.17, 15) is 4.79 Å². The number of thiophene rings is 1. The van der Waals surface area contributed by atoms with Crippen molar-refractivity contribution < 1.29 is 10.0 Å². The van der Waals surface area contributed by atoms with Crippen LogP contribution in [0.3, 0.4) is 0 Å². The van der Waals surface area contributed by atoms with Crippen molar-refractivity contribution in [2.24, 2.45) is 0 Å². The van der Waals surface area contributed by atoms with Gasteiger partial charge in [-0.3, -0.25) is 9.69 Å². The zero-order valence-corrected chi connectivity index (χ0v) is 16.3. The molecular weight excluding hydrogens is 366 g/mol. The fraction of sp³-hybridized carbons (Fsp3) is 0.316. The van der Waals surface area contributed by atoms with Gasteiger partial charge in [0.25, 0.3) is 0 Å². The predicted octanol–water partition coefficient (Wildman–Crippen LogP) is 3.39. The smallest absolute Gasteiger partial charge is 0.150 e. The number of nitrogens with zero attached hydrogens (tertiary/aromatic N) is 1. The van der Waals surface area contributed by atoms with E-state index < -0.39 is 0 Å². The SMILES string of the molecule is CNO.O=Cc1ccc2c(c1)CCN(CC1=CSC(c3cccs3)N1)C2. The van der Waals surface area contributed by atoms with Gasteiger partial charge in [-0.25, -0.2) is 5.48 Å². The van der Waals surface area contributed by atoms with Crippen molar-refractivity contribution >= 4 is 29.4 Å². The van der Waals surface area contributed by atoms with E-state index in [0.717, 1.165) is 37.9 Å². The molecule has 1 aromatic carbocycles. The number of nitrogens with one attached hydrogen (secondary N) is 2. The summed E-state index contributed by atoms with van der Waals surface area (Å²) in [5.41, 5.74) is 6.52. The summed E-state index contributed by atoms with van der Waals surface area (Å²) in [6, 6.07) is 10.4. The van der Waals surface area contributed by atoms with Gasteiger partial charge in [-0.2, -0.15) is 0 Å². The minimum absolute atomic E-state index is 0.372. The number of carbonyl (C=O) groups is 1. The van der Waals surface area contributed by atoms with Gasteiger partial charge in [0.15, 0.2) is 0 Å². The van der Waals surface area contributed by atoms with Crippen molar-refractivity contribution in [1.82, 2.24) is 15.7 Å². The highest BCUT2D eigenvalue weighted by atomic mass is 32.2. The molecule has 5 nitrogen and oxygen atoms in total. The van der Waals surface area contributed by atoms with Crippen LogP contribution < -0.4 is 10.8 Å². The van der Waals surface area contributed by atoms with Crippen molar-refractivity contribution in [3.8, 4) is 0 Å². The van der Waals surface area contributed by atoms with Crippen molar-refractivity contribution in [2.45, 2.75) is 18.3 Å². The summed E-state index contributed by atoms with van der Waals surface area (Å²) in [5, 5.41) is 15.7. The molecule has 3 N–H and O–H groups in total. The molecular formula is C19H23N3O2S2. The van der Waals surface area contributed by atoms with E-state index in [4.69, 9.17) is 5.21 Å². The molecule has 0 radical (unpaired) electrons. The van der Waals surface area contributed by atoms with E-state index in [1.807, 2.05) is 23.9 Å². The Kier molecular flexibility index (Phi) is 6.87. The van der Waals surface area contributed by atoms with Crippen LogP contribution in [-0.4, -0.2) is 36.5 Å². The Labute approximate surface area is 162 Å². The second-order valence-electron chi connectivity index (χ2n) is 6.15. The lowest BCUT2D eigenvalue weighted by atomic mass is 9.97. The fourth-order valence-electron chi connectivity index (χ4n) is 3.13. The number of aldehydes is 1. The number of hydrogen-bond donors (Lipinski definition) is 3. The lowest BCUT2D eigenvalue weighted by Gasteiger charge is -2.29. The number of rotatable bonds is 4. The van der Waals surface area contributed by atoms with E-state index in [0.29, 0.717) is 5.37 Å². The normalized spacial score (nSPS) is 19.0. The topological polar surface area (TPSA) is 64.6 Å². The third-order valence-corrected chi connectivity index (χ3v) is 6.47. The van der Waals surface area contributed by atoms with Crippen LogP contribution in [0.15, 0.2) is 46.8 Å². The summed E-state index contributed by atoms with van der Waals surface area (Å²) in [6.45, 7) is 2.97. The number of hydroxylamine groups is 1. The third kappa shape index (κ3) is 4.75. The first kappa shape index (κ1) is 19.1. The van der Waals surface area contributed by atoms with E-state index in [1.165, 1.54) is 28.7 Å². The molecule has 2 aliphatic heterocycles. The second kappa shape index (κ2) is 9.34. The van der Waals surface area contributed by atoms with Crippen LogP contribution >= 0.6 is 23.1 Å². The molecule has 4 rings (SSSR count). The lowest BCUT2D eigenvalue weighted by molar-refractivity contribution is 0.112. The first-order chi connectivity index (χ1) is 12.7. The summed E-state index contributed by atoms with van der Waals surface area (Å²) < 4.78 is 0. The maximum absolute atomic E-state index is 10.9. The van der Waals surface area contributed by atoms with Gasteiger partial charge >= 0.3 is 0 Å². The van der Waals surface area contributed by atoms with E-state index in [1.54, 1.807) is 16.8 Å². The summed E-state index contributed by atoms with van der Waals surface area (Å²) in [7, 11) is 1.43. The summed E-state index contributed by atoms with van der Waals surface area (Å²) in [5.74, 6) is 0. The van der Waals surface area contributed by atoms with Crippen LogP contribution in [0, 0.1) is 0 Å². The van der Waals surface area contributed by atoms with Crippen LogP contribution in [0.5, 0.6) is 0 Å². The van der Waals surface area contributed by atoms with Gasteiger partial charge in [0.2, 0.25) is 0 Å². The molecule has 3 heterocycles. The lowest BCUT2D eigenvalue weighted by Crippen LogP contribution is -2.34. The number of carbonyl (C=O) groups excluding carboxylic acids is 1. The van der Waals surface area contributed by atoms with Gasteiger partial charge in [0.1, 0.15) is 11.7 Å². The largest absolute Gasteiger partial charge is 0.370 e. The standard InChI is InChI=1S/C18H18N2OS2.CH5NO/c21-11-13-3-4-15-9-20(6-5-14(15)8-13)10-16-12-23-18(19-16)17-2-1-7-22-17;1-2-3/h1-4,7-8,11-12,18-19H,5-6,9-10H2;2-3H,1H3. The van der Waals surface area contributed by atoms with E-state index in [-0.39, 0.29) is 0 Å². The fourth-order valence-corrected chi connectivity index (χ4v) is 4.99. The summed E-state index contributed by atoms with van der Waals surface area (Å²) in [6.07, 6.45) is 1.95. The molecule has 2 aliphatic rings. The molecule has 138 valence electrons. The molecule has 0 saturated heterocycles. The van der Waals surface area contributed by atoms with Gasteiger partial charge in [0, 0.05) is 42.8 Å². The van der Waals surface area contributed by atoms with Gasteiger partial charge < -0.3 is 10.5 Å². The molecule has 0 fully saturated rings. The molecule has 0 spiro atoms. The van der Waals surface area contributed by atoms with Crippen molar-refractivity contribution in [1.29, 1.82) is 0 Å². The Morgan fingerprint density at radius 2 is 2.23 bits per heavy atom. The maximum atomic E-state index is 10.9. The molecule has 1 aromatic heterocycles. The molecule has 0 bridgehead atoms. The molecule has 7 heteroatoms. The van der Waals surface area contributed by atoms with Crippen LogP contribution in [0.2, 0.25) is 0 Å². The average Bonchev–Trinajstić information content (AvgIpc) is 3.33. The Bertz CT molecular complexity index is 762. The zero-order chi connectivity index (χ0) is 18.4. The van der Waals surface area contributed by atoms with Crippen molar-refractivity contribution in [3.05, 3.63) is 68.4 Å². The molecule has 0 aliphatic carbocycles. The Balaban J connectivity index is 0.000000613. The summed E-state index contributed by atoms with van der Waals surface area (Å²) in [4.78, 5) is 14.7. The quantitative estimate of drug-likeness (QED) is 0.550. The van der Waals surface area contributed by atoms with Crippen LogP contribution in [0.1, 0.15) is 31.7 Å². The minimum atomic E-state index is 0.372. The van der Waals surface area contributed by atoms with E-state index >= 15 is 0 Å². The molecule has 2 aromatic rings. The van der Waals surface area contributed by atoms with Crippen LogP contribution in [0.4, 0.5) is 0 Å². The van der Waals surface area contributed by atoms with Crippen LogP contribution in [0.25, 0.3) is 0 Å². The number of hydrogen-bond acceptors (Lipinski definition) is 7. The zero-order valence-electron chi connectivity index (χ0n) is 14.6. The van der Waals surface area contributed by atoms with E-state index in [2.05, 4.69) is 39.2 Å². The minimum Gasteiger partial charge on any atom is -0.370 e. The third-order valence-electron chi connectivity index (χ3n) is 4.32. The molecule has 1 unspecified atom stereocenters. The number of benzene rings is 1. The summed E-state index contributed by atoms with van der Waals surface area (Å²) >= 11 is 3.66. The Morgan fingerprint density at radius 1 is 1.38 bits per heavy atom. The van der Waals surface area contributed by atoms with Gasteiger partial charge in [-0.15, -0.1) is 23.1 Å².